The van der Waals surface area contributed by atoms with Crippen molar-refractivity contribution in [2.45, 2.75) is 45.0 Å². The fourth-order valence-corrected chi connectivity index (χ4v) is 0.918. The SMILES string of the molecule is CC(C)(C)OC(=O)/C=C/C[C@@H](O)[C@@H](O)CO. The summed E-state index contributed by atoms with van der Waals surface area (Å²) in [6.07, 6.45) is 0.406. The van der Waals surface area contributed by atoms with E-state index in [1.807, 2.05) is 0 Å². The minimum atomic E-state index is -1.19. The molecule has 0 fully saturated rings. The van der Waals surface area contributed by atoms with Crippen LogP contribution in [0.4, 0.5) is 0 Å². The van der Waals surface area contributed by atoms with Gasteiger partial charge < -0.3 is 20.1 Å². The lowest BCUT2D eigenvalue weighted by molar-refractivity contribution is -0.148. The zero-order valence-corrected chi connectivity index (χ0v) is 9.88. The van der Waals surface area contributed by atoms with Gasteiger partial charge in [0.25, 0.3) is 0 Å². The summed E-state index contributed by atoms with van der Waals surface area (Å²) < 4.78 is 4.99. The Morgan fingerprint density at radius 3 is 2.31 bits per heavy atom. The third-order valence-corrected chi connectivity index (χ3v) is 1.67. The first kappa shape index (κ1) is 15.1. The lowest BCUT2D eigenvalue weighted by Gasteiger charge is -2.18. The lowest BCUT2D eigenvalue weighted by atomic mass is 10.1. The van der Waals surface area contributed by atoms with Gasteiger partial charge >= 0.3 is 5.97 Å². The van der Waals surface area contributed by atoms with Gasteiger partial charge in [0.15, 0.2) is 0 Å². The number of aliphatic hydroxyl groups is 3. The molecule has 0 aliphatic rings. The van der Waals surface area contributed by atoms with E-state index in [1.54, 1.807) is 20.8 Å². The van der Waals surface area contributed by atoms with Crippen molar-refractivity contribution in [3.63, 3.8) is 0 Å². The summed E-state index contributed by atoms with van der Waals surface area (Å²) in [4.78, 5) is 11.2. The number of esters is 1. The predicted octanol–water partition coefficient (Wildman–Crippen LogP) is -0.0115. The molecule has 0 spiro atoms. The van der Waals surface area contributed by atoms with Crippen LogP contribution in [0.25, 0.3) is 0 Å². The second-order valence-corrected chi connectivity index (χ2v) is 4.49. The number of carbonyl (C=O) groups excluding carboxylic acids is 1. The van der Waals surface area contributed by atoms with Gasteiger partial charge in [-0.25, -0.2) is 4.79 Å². The minimum absolute atomic E-state index is 0.0843. The monoisotopic (exact) mass is 232 g/mol. The summed E-state index contributed by atoms with van der Waals surface area (Å²) in [5.41, 5.74) is -0.551. The molecule has 0 amide bonds. The summed E-state index contributed by atoms with van der Waals surface area (Å²) in [5.74, 6) is -0.502. The zero-order chi connectivity index (χ0) is 12.8. The molecule has 2 atom stereocenters. The summed E-state index contributed by atoms with van der Waals surface area (Å²) in [7, 11) is 0. The maximum Gasteiger partial charge on any atom is 0.330 e. The molecule has 0 heterocycles. The van der Waals surface area contributed by atoms with Crippen LogP contribution in [0.2, 0.25) is 0 Å². The molecule has 94 valence electrons. The van der Waals surface area contributed by atoms with Gasteiger partial charge in [0.2, 0.25) is 0 Å². The number of aliphatic hydroxyl groups excluding tert-OH is 3. The van der Waals surface area contributed by atoms with E-state index >= 15 is 0 Å². The van der Waals surface area contributed by atoms with E-state index < -0.39 is 30.4 Å². The van der Waals surface area contributed by atoms with Gasteiger partial charge in [-0.2, -0.15) is 0 Å². The van der Waals surface area contributed by atoms with Crippen molar-refractivity contribution in [3.8, 4) is 0 Å². The second kappa shape index (κ2) is 6.62. The molecular weight excluding hydrogens is 212 g/mol. The molecule has 0 saturated carbocycles. The first-order valence-electron chi connectivity index (χ1n) is 5.13. The van der Waals surface area contributed by atoms with Crippen LogP contribution in [0.3, 0.4) is 0 Å². The molecule has 3 N–H and O–H groups in total. The molecule has 5 nitrogen and oxygen atoms in total. The maximum atomic E-state index is 11.2. The average molecular weight is 232 g/mol. The predicted molar refractivity (Wildman–Crippen MR) is 58.7 cm³/mol. The molecule has 0 aromatic carbocycles. The molecule has 0 saturated heterocycles. The minimum Gasteiger partial charge on any atom is -0.457 e. The highest BCUT2D eigenvalue weighted by molar-refractivity contribution is 5.82. The van der Waals surface area contributed by atoms with Crippen LogP contribution < -0.4 is 0 Å². The van der Waals surface area contributed by atoms with Gasteiger partial charge in [-0.3, -0.25) is 0 Å². The molecule has 0 bridgehead atoms. The van der Waals surface area contributed by atoms with Gasteiger partial charge in [-0.05, 0) is 27.2 Å². The smallest absolute Gasteiger partial charge is 0.330 e. The van der Waals surface area contributed by atoms with Crippen molar-refractivity contribution in [2.75, 3.05) is 6.61 Å². The lowest BCUT2D eigenvalue weighted by Crippen LogP contribution is -2.28. The normalized spacial score (nSPS) is 16.1. The maximum absolute atomic E-state index is 11.2. The van der Waals surface area contributed by atoms with Gasteiger partial charge in [0, 0.05) is 6.08 Å². The van der Waals surface area contributed by atoms with Crippen LogP contribution in [0.1, 0.15) is 27.2 Å². The number of carbonyl (C=O) groups is 1. The second-order valence-electron chi connectivity index (χ2n) is 4.49. The summed E-state index contributed by atoms with van der Waals surface area (Å²) in [5, 5.41) is 26.8. The van der Waals surface area contributed by atoms with Crippen LogP contribution in [-0.2, 0) is 9.53 Å². The van der Waals surface area contributed by atoms with Gasteiger partial charge in [-0.1, -0.05) is 6.08 Å². The quantitative estimate of drug-likeness (QED) is 0.458. The Morgan fingerprint density at radius 1 is 1.31 bits per heavy atom. The highest BCUT2D eigenvalue weighted by Crippen LogP contribution is 2.07. The molecule has 16 heavy (non-hydrogen) atoms. The Balaban J connectivity index is 3.97. The summed E-state index contributed by atoms with van der Waals surface area (Å²) in [6, 6.07) is 0. The van der Waals surface area contributed by atoms with Crippen LogP contribution in [0.5, 0.6) is 0 Å². The van der Waals surface area contributed by atoms with Gasteiger partial charge in [0.1, 0.15) is 11.7 Å². The van der Waals surface area contributed by atoms with E-state index in [4.69, 9.17) is 14.9 Å². The zero-order valence-electron chi connectivity index (χ0n) is 9.88. The molecule has 0 aromatic rings. The molecule has 0 aliphatic heterocycles. The van der Waals surface area contributed by atoms with Crippen molar-refractivity contribution < 1.29 is 24.9 Å². The van der Waals surface area contributed by atoms with E-state index in [2.05, 4.69) is 0 Å². The van der Waals surface area contributed by atoms with E-state index in [0.29, 0.717) is 0 Å². The summed E-state index contributed by atoms with van der Waals surface area (Å²) >= 11 is 0. The van der Waals surface area contributed by atoms with Crippen LogP contribution in [0, 0.1) is 0 Å². The average Bonchev–Trinajstić information content (AvgIpc) is 2.13. The third kappa shape index (κ3) is 7.39. The molecule has 0 aliphatic carbocycles. The molecule has 0 radical (unpaired) electrons. The largest absolute Gasteiger partial charge is 0.457 e. The fraction of sp³-hybridized carbons (Fsp3) is 0.727. The van der Waals surface area contributed by atoms with Crippen molar-refractivity contribution in [3.05, 3.63) is 12.2 Å². The number of rotatable bonds is 5. The van der Waals surface area contributed by atoms with Gasteiger partial charge in [0.05, 0.1) is 12.7 Å². The van der Waals surface area contributed by atoms with Crippen LogP contribution in [-0.4, -0.2) is 45.7 Å². The fourth-order valence-electron chi connectivity index (χ4n) is 0.918. The Kier molecular flexibility index (Phi) is 6.25. The molecule has 0 aromatic heterocycles. The summed E-state index contributed by atoms with van der Waals surface area (Å²) in [6.45, 7) is 4.75. The number of hydrogen-bond acceptors (Lipinski definition) is 5. The number of ether oxygens (including phenoxy) is 1. The first-order valence-corrected chi connectivity index (χ1v) is 5.13. The van der Waals surface area contributed by atoms with E-state index in [9.17, 15) is 9.90 Å². The van der Waals surface area contributed by atoms with E-state index in [1.165, 1.54) is 12.2 Å². The topological polar surface area (TPSA) is 87.0 Å². The Labute approximate surface area is 95.4 Å². The van der Waals surface area contributed by atoms with Crippen molar-refractivity contribution in [2.24, 2.45) is 0 Å². The molecule has 0 rings (SSSR count). The Hall–Kier alpha value is -0.910. The highest BCUT2D eigenvalue weighted by atomic mass is 16.6. The van der Waals surface area contributed by atoms with Crippen LogP contribution >= 0.6 is 0 Å². The highest BCUT2D eigenvalue weighted by Gasteiger charge is 2.15. The third-order valence-electron chi connectivity index (χ3n) is 1.67. The standard InChI is InChI=1S/C11H20O5/c1-11(2,3)16-10(15)6-4-5-8(13)9(14)7-12/h4,6,8-9,12-14H,5,7H2,1-3H3/b6-4+/t8-,9+/m1/s1. The number of hydrogen-bond donors (Lipinski definition) is 3. The van der Waals surface area contributed by atoms with Crippen LogP contribution in [0.15, 0.2) is 12.2 Å². The van der Waals surface area contributed by atoms with Crippen molar-refractivity contribution in [1.82, 2.24) is 0 Å². The molecule has 0 unspecified atom stereocenters. The first-order chi connectivity index (χ1) is 7.26. The van der Waals surface area contributed by atoms with E-state index in [-0.39, 0.29) is 6.42 Å². The van der Waals surface area contributed by atoms with Crippen molar-refractivity contribution >= 4 is 5.97 Å². The molecule has 5 heteroatoms. The molecular formula is C11H20O5. The van der Waals surface area contributed by atoms with Crippen molar-refractivity contribution in [1.29, 1.82) is 0 Å². The van der Waals surface area contributed by atoms with E-state index in [0.717, 1.165) is 0 Å². The van der Waals surface area contributed by atoms with Gasteiger partial charge in [-0.15, -0.1) is 0 Å². The Morgan fingerprint density at radius 2 is 1.88 bits per heavy atom. The Bertz CT molecular complexity index is 241.